The Morgan fingerprint density at radius 3 is 2.76 bits per heavy atom. The van der Waals surface area contributed by atoms with Crippen LogP contribution in [0, 0.1) is 0 Å². The minimum atomic E-state index is 0.264. The SMILES string of the molecule is CCCc1n[nH]c(CNc2ccc(O)cc2)n1. The van der Waals surface area contributed by atoms with Gasteiger partial charge in [-0.15, -0.1) is 0 Å². The van der Waals surface area contributed by atoms with E-state index in [1.54, 1.807) is 12.1 Å². The highest BCUT2D eigenvalue weighted by molar-refractivity contribution is 5.45. The Bertz CT molecular complexity index is 464. The second-order valence-corrected chi connectivity index (χ2v) is 3.85. The van der Waals surface area contributed by atoms with E-state index >= 15 is 0 Å². The van der Waals surface area contributed by atoms with Crippen molar-refractivity contribution in [3.8, 4) is 5.75 Å². The maximum absolute atomic E-state index is 9.15. The third-order valence-electron chi connectivity index (χ3n) is 2.38. The number of aromatic amines is 1. The third-order valence-corrected chi connectivity index (χ3v) is 2.38. The summed E-state index contributed by atoms with van der Waals surface area (Å²) in [5.41, 5.74) is 0.941. The lowest BCUT2D eigenvalue weighted by Gasteiger charge is -2.03. The Balaban J connectivity index is 1.90. The van der Waals surface area contributed by atoms with E-state index in [4.69, 9.17) is 5.11 Å². The predicted octanol–water partition coefficient (Wildman–Crippen LogP) is 2.07. The standard InChI is InChI=1S/C12H16N4O/c1-2-3-11-14-12(16-15-11)8-13-9-4-6-10(17)7-5-9/h4-7,13,17H,2-3,8H2,1H3,(H,14,15,16). The molecule has 1 aromatic heterocycles. The summed E-state index contributed by atoms with van der Waals surface area (Å²) in [6.07, 6.45) is 1.94. The average molecular weight is 232 g/mol. The largest absolute Gasteiger partial charge is 0.508 e. The lowest BCUT2D eigenvalue weighted by molar-refractivity contribution is 0.475. The summed E-state index contributed by atoms with van der Waals surface area (Å²) in [5, 5.41) is 19.4. The monoisotopic (exact) mass is 232 g/mol. The molecule has 2 rings (SSSR count). The number of nitrogens with one attached hydrogen (secondary N) is 2. The highest BCUT2D eigenvalue weighted by Crippen LogP contribution is 2.14. The van der Waals surface area contributed by atoms with Crippen molar-refractivity contribution in [2.75, 3.05) is 5.32 Å². The van der Waals surface area contributed by atoms with Crippen molar-refractivity contribution in [2.45, 2.75) is 26.3 Å². The average Bonchev–Trinajstić information content (AvgIpc) is 2.77. The van der Waals surface area contributed by atoms with Crippen LogP contribution in [0.3, 0.4) is 0 Å². The third kappa shape index (κ3) is 3.21. The Labute approximate surface area is 99.9 Å². The molecule has 0 fully saturated rings. The van der Waals surface area contributed by atoms with Gasteiger partial charge >= 0.3 is 0 Å². The van der Waals surface area contributed by atoms with Crippen LogP contribution in [-0.2, 0) is 13.0 Å². The highest BCUT2D eigenvalue weighted by atomic mass is 16.3. The molecule has 3 N–H and O–H groups in total. The maximum atomic E-state index is 9.15. The summed E-state index contributed by atoms with van der Waals surface area (Å²) in [7, 11) is 0. The molecule has 0 radical (unpaired) electrons. The normalized spacial score (nSPS) is 10.4. The van der Waals surface area contributed by atoms with Crippen LogP contribution in [0.25, 0.3) is 0 Å². The van der Waals surface area contributed by atoms with Gasteiger partial charge < -0.3 is 10.4 Å². The number of nitrogens with zero attached hydrogens (tertiary/aromatic N) is 2. The van der Waals surface area contributed by atoms with E-state index < -0.39 is 0 Å². The van der Waals surface area contributed by atoms with Crippen LogP contribution >= 0.6 is 0 Å². The molecule has 0 bridgehead atoms. The van der Waals surface area contributed by atoms with E-state index in [1.165, 1.54) is 0 Å². The summed E-state index contributed by atoms with van der Waals surface area (Å²) >= 11 is 0. The number of aromatic hydroxyl groups is 1. The molecule has 0 aliphatic carbocycles. The van der Waals surface area contributed by atoms with Gasteiger partial charge in [-0.25, -0.2) is 4.98 Å². The fourth-order valence-electron chi connectivity index (χ4n) is 1.51. The highest BCUT2D eigenvalue weighted by Gasteiger charge is 2.01. The van der Waals surface area contributed by atoms with Gasteiger partial charge in [0.1, 0.15) is 11.6 Å². The molecule has 0 atom stereocenters. The van der Waals surface area contributed by atoms with Crippen molar-refractivity contribution in [1.29, 1.82) is 0 Å². The molecule has 0 aliphatic rings. The summed E-state index contributed by atoms with van der Waals surface area (Å²) in [6, 6.07) is 6.92. The molecule has 0 spiro atoms. The first-order valence-electron chi connectivity index (χ1n) is 5.71. The lowest BCUT2D eigenvalue weighted by atomic mass is 10.3. The quantitative estimate of drug-likeness (QED) is 0.690. The zero-order chi connectivity index (χ0) is 12.1. The Morgan fingerprint density at radius 2 is 2.06 bits per heavy atom. The van der Waals surface area contributed by atoms with Crippen molar-refractivity contribution < 1.29 is 5.11 Å². The first kappa shape index (κ1) is 11.4. The zero-order valence-electron chi connectivity index (χ0n) is 9.77. The second kappa shape index (κ2) is 5.34. The number of H-pyrrole nitrogens is 1. The van der Waals surface area contributed by atoms with Gasteiger partial charge in [0.05, 0.1) is 6.54 Å². The number of anilines is 1. The lowest BCUT2D eigenvalue weighted by Crippen LogP contribution is -2.01. The number of hydrogen-bond acceptors (Lipinski definition) is 4. The van der Waals surface area contributed by atoms with E-state index in [9.17, 15) is 0 Å². The molecule has 0 saturated carbocycles. The molecule has 1 heterocycles. The number of aromatic nitrogens is 3. The molecule has 0 saturated heterocycles. The Kier molecular flexibility index (Phi) is 3.59. The maximum Gasteiger partial charge on any atom is 0.150 e. The minimum absolute atomic E-state index is 0.264. The summed E-state index contributed by atoms with van der Waals surface area (Å²) < 4.78 is 0. The topological polar surface area (TPSA) is 73.8 Å². The van der Waals surface area contributed by atoms with Crippen molar-refractivity contribution in [2.24, 2.45) is 0 Å². The van der Waals surface area contributed by atoms with E-state index in [2.05, 4.69) is 27.4 Å². The van der Waals surface area contributed by atoms with Crippen LogP contribution in [0.2, 0.25) is 0 Å². The molecule has 0 unspecified atom stereocenters. The molecular formula is C12H16N4O. The van der Waals surface area contributed by atoms with E-state index in [0.29, 0.717) is 6.54 Å². The van der Waals surface area contributed by atoms with Gasteiger partial charge in [-0.2, -0.15) is 5.10 Å². The van der Waals surface area contributed by atoms with Gasteiger partial charge in [0.25, 0.3) is 0 Å². The molecule has 2 aromatic rings. The van der Waals surface area contributed by atoms with Gasteiger partial charge in [0.2, 0.25) is 0 Å². The number of aryl methyl sites for hydroxylation is 1. The van der Waals surface area contributed by atoms with Crippen LogP contribution in [0.1, 0.15) is 25.0 Å². The van der Waals surface area contributed by atoms with Crippen molar-refractivity contribution in [3.63, 3.8) is 0 Å². The molecular weight excluding hydrogens is 216 g/mol. The molecule has 5 nitrogen and oxygen atoms in total. The summed E-state index contributed by atoms with van der Waals surface area (Å²) in [5.74, 6) is 1.94. The number of hydrogen-bond donors (Lipinski definition) is 3. The summed E-state index contributed by atoms with van der Waals surface area (Å²) in [4.78, 5) is 4.35. The van der Waals surface area contributed by atoms with Gasteiger partial charge in [0.15, 0.2) is 5.82 Å². The molecule has 5 heteroatoms. The van der Waals surface area contributed by atoms with Crippen LogP contribution in [0.5, 0.6) is 5.75 Å². The van der Waals surface area contributed by atoms with Crippen molar-refractivity contribution >= 4 is 5.69 Å². The van der Waals surface area contributed by atoms with Crippen LogP contribution in [-0.4, -0.2) is 20.3 Å². The van der Waals surface area contributed by atoms with E-state index in [0.717, 1.165) is 30.2 Å². The fraction of sp³-hybridized carbons (Fsp3) is 0.333. The van der Waals surface area contributed by atoms with Crippen LogP contribution in [0.4, 0.5) is 5.69 Å². The first-order chi connectivity index (χ1) is 8.28. The second-order valence-electron chi connectivity index (χ2n) is 3.85. The fourth-order valence-corrected chi connectivity index (χ4v) is 1.51. The Hall–Kier alpha value is -2.04. The number of rotatable bonds is 5. The van der Waals surface area contributed by atoms with Gasteiger partial charge in [-0.1, -0.05) is 6.92 Å². The van der Waals surface area contributed by atoms with E-state index in [-0.39, 0.29) is 5.75 Å². The zero-order valence-corrected chi connectivity index (χ0v) is 9.77. The van der Waals surface area contributed by atoms with Crippen LogP contribution < -0.4 is 5.32 Å². The predicted molar refractivity (Wildman–Crippen MR) is 65.8 cm³/mol. The smallest absolute Gasteiger partial charge is 0.150 e. The first-order valence-corrected chi connectivity index (χ1v) is 5.71. The van der Waals surface area contributed by atoms with Gasteiger partial charge in [0, 0.05) is 12.1 Å². The molecule has 17 heavy (non-hydrogen) atoms. The molecule has 0 amide bonds. The van der Waals surface area contributed by atoms with Crippen molar-refractivity contribution in [3.05, 3.63) is 35.9 Å². The minimum Gasteiger partial charge on any atom is -0.508 e. The molecule has 1 aromatic carbocycles. The molecule has 0 aliphatic heterocycles. The van der Waals surface area contributed by atoms with Crippen LogP contribution in [0.15, 0.2) is 24.3 Å². The van der Waals surface area contributed by atoms with E-state index in [1.807, 2.05) is 12.1 Å². The number of benzene rings is 1. The molecule has 90 valence electrons. The van der Waals surface area contributed by atoms with Gasteiger partial charge in [-0.3, -0.25) is 5.10 Å². The summed E-state index contributed by atoms with van der Waals surface area (Å²) in [6.45, 7) is 2.70. The van der Waals surface area contributed by atoms with Gasteiger partial charge in [-0.05, 0) is 30.7 Å². The Morgan fingerprint density at radius 1 is 1.29 bits per heavy atom. The number of phenolic OH excluding ortho intramolecular Hbond substituents is 1. The number of phenols is 1. The van der Waals surface area contributed by atoms with Crippen molar-refractivity contribution in [1.82, 2.24) is 15.2 Å².